The van der Waals surface area contributed by atoms with Crippen molar-refractivity contribution in [1.29, 1.82) is 0 Å². The minimum atomic E-state index is -0.306. The lowest BCUT2D eigenvalue weighted by Crippen LogP contribution is -2.27. The molecule has 2 aliphatic rings. The molecule has 1 aromatic carbocycles. The third-order valence-corrected chi connectivity index (χ3v) is 5.47. The fourth-order valence-corrected chi connectivity index (χ4v) is 4.24. The molecule has 2 aromatic rings. The fourth-order valence-electron chi connectivity index (χ4n) is 4.24. The van der Waals surface area contributed by atoms with E-state index >= 15 is 0 Å². The number of allylic oxidation sites excluding steroid dienone is 1. The van der Waals surface area contributed by atoms with Crippen LogP contribution in [0.4, 0.5) is 11.5 Å². The van der Waals surface area contributed by atoms with Gasteiger partial charge in [-0.15, -0.1) is 0 Å². The summed E-state index contributed by atoms with van der Waals surface area (Å²) in [6, 6.07) is 10.0. The predicted octanol–water partition coefficient (Wildman–Crippen LogP) is 3.94. The Bertz CT molecular complexity index is 919. The lowest BCUT2D eigenvalue weighted by molar-refractivity contribution is -0.138. The van der Waals surface area contributed by atoms with E-state index in [0.717, 1.165) is 65.3 Å². The van der Waals surface area contributed by atoms with E-state index in [1.54, 1.807) is 0 Å². The van der Waals surface area contributed by atoms with Gasteiger partial charge in [0.15, 0.2) is 0 Å². The van der Waals surface area contributed by atoms with E-state index in [1.165, 1.54) is 0 Å². The van der Waals surface area contributed by atoms with Crippen LogP contribution in [0.3, 0.4) is 0 Å². The average molecular weight is 363 g/mol. The van der Waals surface area contributed by atoms with Gasteiger partial charge < -0.3 is 15.8 Å². The molecule has 0 saturated heterocycles. The lowest BCUT2D eigenvalue weighted by atomic mass is 9.79. The third kappa shape index (κ3) is 2.97. The Hall–Kier alpha value is -2.82. The van der Waals surface area contributed by atoms with Crippen molar-refractivity contribution in [3.63, 3.8) is 0 Å². The van der Waals surface area contributed by atoms with Crippen LogP contribution in [0, 0.1) is 0 Å². The number of nitrogen functional groups attached to an aromatic ring is 1. The normalized spacial score (nSPS) is 18.4. The number of pyridine rings is 1. The van der Waals surface area contributed by atoms with Gasteiger partial charge in [-0.05, 0) is 50.7 Å². The molecule has 0 amide bonds. The molecule has 3 N–H and O–H groups in total. The standard InChI is InChI=1S/C22H25N3O2/c1-3-27-22(26)17-13(2)24-21-19(18(17)14-9-5-4-6-10-14)20(23)15-11-7-8-12-16(15)25-21/h4-6,9-10,18H,3,7-8,11-12H2,1-2H3,(H3,23,24,25)/t18-/m1/s1. The van der Waals surface area contributed by atoms with Crippen LogP contribution in [-0.4, -0.2) is 17.6 Å². The van der Waals surface area contributed by atoms with Crippen LogP contribution in [0.1, 0.15) is 55.0 Å². The van der Waals surface area contributed by atoms with Crippen molar-refractivity contribution in [3.05, 3.63) is 64.0 Å². The van der Waals surface area contributed by atoms with Gasteiger partial charge in [0.25, 0.3) is 0 Å². The van der Waals surface area contributed by atoms with E-state index in [1.807, 2.05) is 44.2 Å². The predicted molar refractivity (Wildman–Crippen MR) is 107 cm³/mol. The van der Waals surface area contributed by atoms with Gasteiger partial charge in [0.2, 0.25) is 0 Å². The van der Waals surface area contributed by atoms with Gasteiger partial charge in [-0.1, -0.05) is 30.3 Å². The highest BCUT2D eigenvalue weighted by Crippen LogP contribution is 2.46. The van der Waals surface area contributed by atoms with Crippen molar-refractivity contribution in [2.45, 2.75) is 45.4 Å². The molecular weight excluding hydrogens is 338 g/mol. The highest BCUT2D eigenvalue weighted by molar-refractivity contribution is 5.95. The molecule has 1 atom stereocenters. The summed E-state index contributed by atoms with van der Waals surface area (Å²) in [4.78, 5) is 17.7. The van der Waals surface area contributed by atoms with Gasteiger partial charge in [0, 0.05) is 28.6 Å². The van der Waals surface area contributed by atoms with Crippen LogP contribution in [0.25, 0.3) is 0 Å². The number of anilines is 2. The van der Waals surface area contributed by atoms with Gasteiger partial charge in [0.05, 0.1) is 12.2 Å². The topological polar surface area (TPSA) is 77.2 Å². The summed E-state index contributed by atoms with van der Waals surface area (Å²) in [5.41, 5.74) is 13.0. The fraction of sp³-hybridized carbons (Fsp3) is 0.364. The summed E-state index contributed by atoms with van der Waals surface area (Å²) >= 11 is 0. The number of nitrogens with two attached hydrogens (primary N) is 1. The molecule has 5 nitrogen and oxygen atoms in total. The summed E-state index contributed by atoms with van der Waals surface area (Å²) in [5.74, 6) is 0.188. The second-order valence-electron chi connectivity index (χ2n) is 7.15. The van der Waals surface area contributed by atoms with Crippen LogP contribution >= 0.6 is 0 Å². The number of rotatable bonds is 3. The van der Waals surface area contributed by atoms with E-state index in [0.29, 0.717) is 12.2 Å². The Kier molecular flexibility index (Phi) is 4.60. The number of carbonyl (C=O) groups is 1. The first-order chi connectivity index (χ1) is 13.1. The van der Waals surface area contributed by atoms with Gasteiger partial charge in [0.1, 0.15) is 5.82 Å². The largest absolute Gasteiger partial charge is 0.463 e. The molecule has 0 saturated carbocycles. The van der Waals surface area contributed by atoms with Crippen LogP contribution in [0.2, 0.25) is 0 Å². The maximum Gasteiger partial charge on any atom is 0.336 e. The van der Waals surface area contributed by atoms with E-state index in [2.05, 4.69) is 5.32 Å². The molecule has 0 spiro atoms. The van der Waals surface area contributed by atoms with Crippen molar-refractivity contribution in [3.8, 4) is 0 Å². The minimum absolute atomic E-state index is 0.277. The number of fused-ring (bicyclic) bond motifs is 2. The average Bonchev–Trinajstić information content (AvgIpc) is 2.68. The first-order valence-electron chi connectivity index (χ1n) is 9.62. The summed E-state index contributed by atoms with van der Waals surface area (Å²) in [6.45, 7) is 4.06. The summed E-state index contributed by atoms with van der Waals surface area (Å²) in [7, 11) is 0. The molecule has 5 heteroatoms. The molecule has 0 unspecified atom stereocenters. The second-order valence-corrected chi connectivity index (χ2v) is 7.15. The van der Waals surface area contributed by atoms with Crippen molar-refractivity contribution in [2.75, 3.05) is 17.7 Å². The molecule has 0 bridgehead atoms. The van der Waals surface area contributed by atoms with Crippen LogP contribution in [0.5, 0.6) is 0 Å². The molecule has 27 heavy (non-hydrogen) atoms. The number of esters is 1. The van der Waals surface area contributed by atoms with Gasteiger partial charge in [-0.2, -0.15) is 0 Å². The smallest absolute Gasteiger partial charge is 0.336 e. The van der Waals surface area contributed by atoms with Crippen LogP contribution < -0.4 is 11.1 Å². The van der Waals surface area contributed by atoms with Crippen molar-refractivity contribution in [1.82, 2.24) is 4.98 Å². The number of hydrogen-bond donors (Lipinski definition) is 2. The quantitative estimate of drug-likeness (QED) is 0.808. The number of aromatic nitrogens is 1. The Balaban J connectivity index is 1.95. The first-order valence-corrected chi connectivity index (χ1v) is 9.62. The number of nitrogens with zero attached hydrogens (tertiary/aromatic N) is 1. The highest BCUT2D eigenvalue weighted by atomic mass is 16.5. The number of benzene rings is 1. The number of aryl methyl sites for hydroxylation is 1. The molecule has 4 rings (SSSR count). The molecule has 1 aliphatic heterocycles. The summed E-state index contributed by atoms with van der Waals surface area (Å²) in [5, 5.41) is 3.33. The number of hydrogen-bond acceptors (Lipinski definition) is 5. The van der Waals surface area contributed by atoms with Gasteiger partial charge in [-0.3, -0.25) is 0 Å². The Morgan fingerprint density at radius 1 is 1.26 bits per heavy atom. The second kappa shape index (κ2) is 7.06. The van der Waals surface area contributed by atoms with Crippen molar-refractivity contribution in [2.24, 2.45) is 0 Å². The molecule has 1 aliphatic carbocycles. The van der Waals surface area contributed by atoms with E-state index in [-0.39, 0.29) is 11.9 Å². The number of nitrogens with one attached hydrogen (secondary N) is 1. The monoisotopic (exact) mass is 363 g/mol. The zero-order valence-corrected chi connectivity index (χ0v) is 15.8. The Morgan fingerprint density at radius 3 is 2.74 bits per heavy atom. The molecule has 0 fully saturated rings. The third-order valence-electron chi connectivity index (χ3n) is 5.47. The number of carbonyl (C=O) groups excluding carboxylic acids is 1. The van der Waals surface area contributed by atoms with Crippen molar-refractivity contribution >= 4 is 17.5 Å². The Morgan fingerprint density at radius 2 is 2.00 bits per heavy atom. The maximum atomic E-state index is 12.8. The minimum Gasteiger partial charge on any atom is -0.463 e. The highest BCUT2D eigenvalue weighted by Gasteiger charge is 2.36. The SMILES string of the molecule is CCOC(=O)C1=C(C)Nc2nc3c(c(N)c2[C@@H]1c1ccccc1)CCCC3. The molecule has 140 valence electrons. The zero-order chi connectivity index (χ0) is 19.0. The molecular formula is C22H25N3O2. The van der Waals surface area contributed by atoms with Crippen LogP contribution in [0.15, 0.2) is 41.6 Å². The van der Waals surface area contributed by atoms with E-state index in [4.69, 9.17) is 15.5 Å². The molecule has 1 aromatic heterocycles. The summed E-state index contributed by atoms with van der Waals surface area (Å²) in [6.07, 6.45) is 4.17. The first kappa shape index (κ1) is 17.6. The van der Waals surface area contributed by atoms with E-state index in [9.17, 15) is 4.79 Å². The Labute approximate surface area is 159 Å². The lowest BCUT2D eigenvalue weighted by Gasteiger charge is -2.32. The summed E-state index contributed by atoms with van der Waals surface area (Å²) < 4.78 is 5.37. The van der Waals surface area contributed by atoms with E-state index < -0.39 is 0 Å². The van der Waals surface area contributed by atoms with Crippen molar-refractivity contribution < 1.29 is 9.53 Å². The number of ether oxygens (including phenoxy) is 1. The molecule has 0 radical (unpaired) electrons. The molecule has 2 heterocycles. The van der Waals surface area contributed by atoms with Gasteiger partial charge in [-0.25, -0.2) is 9.78 Å². The van der Waals surface area contributed by atoms with Crippen LogP contribution in [-0.2, 0) is 22.4 Å². The maximum absolute atomic E-state index is 12.8. The zero-order valence-electron chi connectivity index (χ0n) is 15.8. The van der Waals surface area contributed by atoms with Gasteiger partial charge >= 0.3 is 5.97 Å².